The van der Waals surface area contributed by atoms with Crippen molar-refractivity contribution in [2.75, 3.05) is 25.0 Å². The van der Waals surface area contributed by atoms with Gasteiger partial charge in [0.15, 0.2) is 5.82 Å². The highest BCUT2D eigenvalue weighted by molar-refractivity contribution is 5.94. The van der Waals surface area contributed by atoms with Crippen molar-refractivity contribution in [1.82, 2.24) is 24.7 Å². The van der Waals surface area contributed by atoms with E-state index in [-0.39, 0.29) is 24.0 Å². The highest BCUT2D eigenvalue weighted by atomic mass is 19.1. The van der Waals surface area contributed by atoms with Gasteiger partial charge in [-0.25, -0.2) is 24.1 Å². The van der Waals surface area contributed by atoms with Crippen molar-refractivity contribution < 1.29 is 13.9 Å². The quantitative estimate of drug-likeness (QED) is 0.652. The first-order valence-electron chi connectivity index (χ1n) is 9.30. The summed E-state index contributed by atoms with van der Waals surface area (Å²) >= 11 is 0. The number of anilines is 1. The maximum Gasteiger partial charge on any atom is 0.343 e. The lowest BCUT2D eigenvalue weighted by atomic mass is 10.1. The second-order valence-electron chi connectivity index (χ2n) is 6.58. The predicted molar refractivity (Wildman–Crippen MR) is 102 cm³/mol. The molecule has 4 rings (SSSR count). The van der Waals surface area contributed by atoms with Crippen LogP contribution in [0, 0.1) is 5.82 Å². The van der Waals surface area contributed by atoms with Gasteiger partial charge in [-0.15, -0.1) is 0 Å². The Morgan fingerprint density at radius 1 is 1.39 bits per heavy atom. The van der Waals surface area contributed by atoms with Gasteiger partial charge in [-0.3, -0.25) is 4.40 Å². The molecule has 1 aliphatic rings. The average molecular weight is 384 g/mol. The zero-order valence-electron chi connectivity index (χ0n) is 15.5. The van der Waals surface area contributed by atoms with Crippen LogP contribution in [-0.4, -0.2) is 51.1 Å². The van der Waals surface area contributed by atoms with Crippen molar-refractivity contribution in [3.05, 3.63) is 42.1 Å². The highest BCUT2D eigenvalue weighted by Gasteiger charge is 2.21. The molecule has 0 spiro atoms. The molecule has 0 saturated carbocycles. The Morgan fingerprint density at radius 2 is 2.29 bits per heavy atom. The number of carbonyl (C=O) groups is 1. The Bertz CT molecular complexity index is 999. The third kappa shape index (κ3) is 3.65. The molecule has 2 N–H and O–H groups in total. The maximum atomic E-state index is 13.7. The monoisotopic (exact) mass is 384 g/mol. The lowest BCUT2D eigenvalue weighted by Crippen LogP contribution is -2.39. The topological polar surface area (TPSA) is 93.4 Å². The normalized spacial score (nSPS) is 16.9. The number of pyridine rings is 1. The highest BCUT2D eigenvalue weighted by Crippen LogP contribution is 2.23. The Kier molecular flexibility index (Phi) is 5.16. The van der Waals surface area contributed by atoms with E-state index in [2.05, 4.69) is 25.6 Å². The number of halogens is 1. The van der Waals surface area contributed by atoms with Crippen LogP contribution in [0.25, 0.3) is 17.2 Å². The number of piperidine rings is 1. The number of imidazole rings is 1. The summed E-state index contributed by atoms with van der Waals surface area (Å²) in [6, 6.07) is 3.07. The third-order valence-electron chi connectivity index (χ3n) is 4.62. The average Bonchev–Trinajstić information content (AvgIpc) is 3.12. The molecule has 146 valence electrons. The molecule has 3 aromatic rings. The molecule has 9 heteroatoms. The number of carbonyl (C=O) groups excluding carboxylic acids is 1. The summed E-state index contributed by atoms with van der Waals surface area (Å²) in [5.41, 5.74) is 1.39. The largest absolute Gasteiger partial charge is 0.462 e. The van der Waals surface area contributed by atoms with Gasteiger partial charge in [0.1, 0.15) is 28.5 Å². The minimum atomic E-state index is -0.482. The first kappa shape index (κ1) is 18.3. The SMILES string of the molecule is CCOC(=O)c1cnc(-c2cnc3ccc(F)cn23)nc1N[C@@H]1CCCNC1. The summed E-state index contributed by atoms with van der Waals surface area (Å²) in [4.78, 5) is 25.5. The standard InChI is InChI=1S/C19H21FN6O2/c1-2-28-19(27)14-9-23-18(25-17(14)24-13-4-3-7-21-8-13)15-10-22-16-6-5-12(20)11-26(15)16/h5-6,9-11,13,21H,2-4,7-8H2,1H3,(H,23,24,25)/t13-/m1/s1. The molecular weight excluding hydrogens is 363 g/mol. The van der Waals surface area contributed by atoms with Crippen LogP contribution in [0.5, 0.6) is 0 Å². The summed E-state index contributed by atoms with van der Waals surface area (Å²) in [5.74, 6) is -0.119. The van der Waals surface area contributed by atoms with Crippen molar-refractivity contribution in [3.63, 3.8) is 0 Å². The molecule has 0 amide bonds. The Hall–Kier alpha value is -3.07. The number of nitrogens with zero attached hydrogens (tertiary/aromatic N) is 4. The van der Waals surface area contributed by atoms with Crippen LogP contribution in [0.15, 0.2) is 30.7 Å². The van der Waals surface area contributed by atoms with E-state index in [1.165, 1.54) is 18.5 Å². The fraction of sp³-hybridized carbons (Fsp3) is 0.368. The van der Waals surface area contributed by atoms with E-state index in [1.807, 2.05) is 0 Å². The smallest absolute Gasteiger partial charge is 0.343 e. The van der Waals surface area contributed by atoms with E-state index in [4.69, 9.17) is 4.74 Å². The molecule has 0 bridgehead atoms. The fourth-order valence-corrected chi connectivity index (χ4v) is 3.26. The van der Waals surface area contributed by atoms with Gasteiger partial charge < -0.3 is 15.4 Å². The van der Waals surface area contributed by atoms with E-state index >= 15 is 0 Å². The van der Waals surface area contributed by atoms with Crippen molar-refractivity contribution in [2.45, 2.75) is 25.8 Å². The molecule has 28 heavy (non-hydrogen) atoms. The summed E-state index contributed by atoms with van der Waals surface area (Å²) in [6.07, 6.45) is 6.36. The first-order valence-corrected chi connectivity index (χ1v) is 9.30. The molecule has 1 aliphatic heterocycles. The van der Waals surface area contributed by atoms with Crippen molar-refractivity contribution in [3.8, 4) is 11.5 Å². The van der Waals surface area contributed by atoms with Gasteiger partial charge in [0.2, 0.25) is 0 Å². The maximum absolute atomic E-state index is 13.7. The van der Waals surface area contributed by atoms with Crippen molar-refractivity contribution >= 4 is 17.4 Å². The number of hydrogen-bond donors (Lipinski definition) is 2. The predicted octanol–water partition coefficient (Wildman–Crippen LogP) is 2.27. The molecule has 1 saturated heterocycles. The fourth-order valence-electron chi connectivity index (χ4n) is 3.26. The van der Waals surface area contributed by atoms with Crippen molar-refractivity contribution in [1.29, 1.82) is 0 Å². The first-order chi connectivity index (χ1) is 13.7. The summed E-state index contributed by atoms with van der Waals surface area (Å²) in [7, 11) is 0. The molecule has 0 unspecified atom stereocenters. The Labute approximate surface area is 161 Å². The number of esters is 1. The van der Waals surface area contributed by atoms with Gasteiger partial charge >= 0.3 is 5.97 Å². The van der Waals surface area contributed by atoms with E-state index in [9.17, 15) is 9.18 Å². The zero-order valence-corrected chi connectivity index (χ0v) is 15.5. The molecule has 1 fully saturated rings. The van der Waals surface area contributed by atoms with Crippen LogP contribution in [0.1, 0.15) is 30.1 Å². The van der Waals surface area contributed by atoms with Crippen molar-refractivity contribution in [2.24, 2.45) is 0 Å². The minimum absolute atomic E-state index is 0.143. The molecule has 3 aromatic heterocycles. The van der Waals surface area contributed by atoms with E-state index in [0.717, 1.165) is 25.9 Å². The number of nitrogens with one attached hydrogen (secondary N) is 2. The van der Waals surface area contributed by atoms with E-state index in [0.29, 0.717) is 23.0 Å². The van der Waals surface area contributed by atoms with Crippen LogP contribution < -0.4 is 10.6 Å². The van der Waals surface area contributed by atoms with Gasteiger partial charge in [-0.05, 0) is 38.4 Å². The van der Waals surface area contributed by atoms with Gasteiger partial charge in [0, 0.05) is 25.0 Å². The number of hydrogen-bond acceptors (Lipinski definition) is 7. The summed E-state index contributed by atoms with van der Waals surface area (Å²) in [6.45, 7) is 3.77. The van der Waals surface area contributed by atoms with Crippen LogP contribution in [0.3, 0.4) is 0 Å². The van der Waals surface area contributed by atoms with Gasteiger partial charge in [-0.1, -0.05) is 0 Å². The zero-order chi connectivity index (χ0) is 19.5. The molecule has 8 nitrogen and oxygen atoms in total. The molecule has 1 atom stereocenters. The summed E-state index contributed by atoms with van der Waals surface area (Å²) < 4.78 is 20.4. The molecule has 0 radical (unpaired) electrons. The lowest BCUT2D eigenvalue weighted by Gasteiger charge is -2.25. The Balaban J connectivity index is 1.74. The third-order valence-corrected chi connectivity index (χ3v) is 4.62. The van der Waals surface area contributed by atoms with Crippen LogP contribution in [0.2, 0.25) is 0 Å². The van der Waals surface area contributed by atoms with Gasteiger partial charge in [0.05, 0.1) is 12.8 Å². The van der Waals surface area contributed by atoms with Crippen LogP contribution in [0.4, 0.5) is 10.2 Å². The van der Waals surface area contributed by atoms with Crippen LogP contribution >= 0.6 is 0 Å². The molecule has 0 aliphatic carbocycles. The lowest BCUT2D eigenvalue weighted by molar-refractivity contribution is 0.0526. The van der Waals surface area contributed by atoms with Gasteiger partial charge in [-0.2, -0.15) is 0 Å². The number of ether oxygens (including phenoxy) is 1. The molecule has 4 heterocycles. The van der Waals surface area contributed by atoms with E-state index in [1.54, 1.807) is 23.6 Å². The number of aromatic nitrogens is 4. The number of rotatable bonds is 5. The molecule has 0 aromatic carbocycles. The minimum Gasteiger partial charge on any atom is -0.462 e. The number of fused-ring (bicyclic) bond motifs is 1. The molecular formula is C19H21FN6O2. The summed E-state index contributed by atoms with van der Waals surface area (Å²) in [5, 5.41) is 6.66. The second-order valence-corrected chi connectivity index (χ2v) is 6.58. The van der Waals surface area contributed by atoms with Gasteiger partial charge in [0.25, 0.3) is 0 Å². The van der Waals surface area contributed by atoms with E-state index < -0.39 is 5.97 Å². The Morgan fingerprint density at radius 3 is 3.07 bits per heavy atom. The second kappa shape index (κ2) is 7.89. The van der Waals surface area contributed by atoms with Crippen LogP contribution in [-0.2, 0) is 4.74 Å².